The molecular weight excluding hydrogens is 320 g/mol. The Kier molecular flexibility index (Phi) is 3.61. The maximum Gasteiger partial charge on any atom is 0.358 e. The van der Waals surface area contributed by atoms with Crippen molar-refractivity contribution < 1.29 is 9.53 Å². The molecule has 0 amide bonds. The molecule has 1 heterocycles. The van der Waals surface area contributed by atoms with Gasteiger partial charge in [-0.1, -0.05) is 15.9 Å². The summed E-state index contributed by atoms with van der Waals surface area (Å²) in [7, 11) is 0. The van der Waals surface area contributed by atoms with Crippen LogP contribution in [-0.4, -0.2) is 22.4 Å². The van der Waals surface area contributed by atoms with E-state index in [-0.39, 0.29) is 5.97 Å². The van der Waals surface area contributed by atoms with E-state index in [1.165, 1.54) is 0 Å². The summed E-state index contributed by atoms with van der Waals surface area (Å²) in [6, 6.07) is 9.77. The van der Waals surface area contributed by atoms with E-state index < -0.39 is 0 Å². The lowest BCUT2D eigenvalue weighted by Crippen LogP contribution is -2.07. The summed E-state index contributed by atoms with van der Waals surface area (Å²) in [4.78, 5) is 11.8. The monoisotopic (exact) mass is 334 g/mol. The van der Waals surface area contributed by atoms with E-state index in [0.717, 1.165) is 28.7 Å². The second kappa shape index (κ2) is 5.40. The van der Waals surface area contributed by atoms with Gasteiger partial charge < -0.3 is 4.74 Å². The van der Waals surface area contributed by atoms with E-state index >= 15 is 0 Å². The van der Waals surface area contributed by atoms with Crippen LogP contribution < -0.4 is 0 Å². The number of carbonyl (C=O) groups is 1. The van der Waals surface area contributed by atoms with Crippen LogP contribution in [0.15, 0.2) is 34.8 Å². The molecule has 0 unspecified atom stereocenters. The molecule has 20 heavy (non-hydrogen) atoms. The smallest absolute Gasteiger partial charge is 0.358 e. The van der Waals surface area contributed by atoms with Gasteiger partial charge >= 0.3 is 5.97 Å². The van der Waals surface area contributed by atoms with Crippen LogP contribution >= 0.6 is 15.9 Å². The first-order chi connectivity index (χ1) is 9.69. The Balaban J connectivity index is 2.00. The molecule has 1 fully saturated rings. The number of benzene rings is 1. The van der Waals surface area contributed by atoms with Gasteiger partial charge in [0.15, 0.2) is 5.69 Å². The Bertz CT molecular complexity index is 630. The fourth-order valence-electron chi connectivity index (χ4n) is 2.16. The molecule has 5 heteroatoms. The van der Waals surface area contributed by atoms with Crippen LogP contribution in [0.4, 0.5) is 0 Å². The van der Waals surface area contributed by atoms with Crippen molar-refractivity contribution in [2.75, 3.05) is 6.61 Å². The van der Waals surface area contributed by atoms with Crippen LogP contribution in [0.2, 0.25) is 0 Å². The molecule has 1 saturated carbocycles. The topological polar surface area (TPSA) is 44.1 Å². The summed E-state index contributed by atoms with van der Waals surface area (Å²) in [5, 5.41) is 4.42. The minimum atomic E-state index is -0.356. The Morgan fingerprint density at radius 1 is 1.40 bits per heavy atom. The lowest BCUT2D eigenvalue weighted by molar-refractivity contribution is 0.0519. The van der Waals surface area contributed by atoms with Crippen LogP contribution in [0.1, 0.15) is 41.9 Å². The molecule has 1 aliphatic carbocycles. The number of rotatable bonds is 4. The predicted octanol–water partition coefficient (Wildman–Crippen LogP) is 3.69. The predicted molar refractivity (Wildman–Crippen MR) is 79.2 cm³/mol. The second-order valence-corrected chi connectivity index (χ2v) is 5.75. The summed E-state index contributed by atoms with van der Waals surface area (Å²) >= 11 is 3.42. The molecule has 1 aromatic heterocycles. The number of carbonyl (C=O) groups excluding carboxylic acids is 1. The minimum Gasteiger partial charge on any atom is -0.461 e. The fraction of sp³-hybridized carbons (Fsp3) is 0.333. The largest absolute Gasteiger partial charge is 0.461 e. The third kappa shape index (κ3) is 2.63. The third-order valence-electron chi connectivity index (χ3n) is 3.29. The van der Waals surface area contributed by atoms with Gasteiger partial charge in [0.1, 0.15) is 0 Å². The third-order valence-corrected chi connectivity index (χ3v) is 3.82. The SMILES string of the molecule is CCOC(=O)c1cc(C2CC2)n(-c2ccc(Br)cc2)n1. The number of aromatic nitrogens is 2. The molecule has 0 spiro atoms. The maximum absolute atomic E-state index is 11.8. The molecule has 1 aromatic carbocycles. The van der Waals surface area contributed by atoms with E-state index in [4.69, 9.17) is 4.74 Å². The quantitative estimate of drug-likeness (QED) is 0.801. The van der Waals surface area contributed by atoms with Gasteiger partial charge in [-0.15, -0.1) is 0 Å². The minimum absolute atomic E-state index is 0.356. The molecule has 4 nitrogen and oxygen atoms in total. The normalized spacial score (nSPS) is 14.3. The van der Waals surface area contributed by atoms with Crippen LogP contribution in [0.5, 0.6) is 0 Å². The van der Waals surface area contributed by atoms with Crippen molar-refractivity contribution in [3.05, 3.63) is 46.2 Å². The molecule has 0 radical (unpaired) electrons. The summed E-state index contributed by atoms with van der Waals surface area (Å²) < 4.78 is 7.91. The Hall–Kier alpha value is -1.62. The van der Waals surface area contributed by atoms with Crippen molar-refractivity contribution in [3.63, 3.8) is 0 Å². The van der Waals surface area contributed by atoms with Gasteiger partial charge in [0, 0.05) is 16.1 Å². The van der Waals surface area contributed by atoms with Crippen LogP contribution in [0, 0.1) is 0 Å². The van der Waals surface area contributed by atoms with E-state index in [2.05, 4.69) is 21.0 Å². The summed E-state index contributed by atoms with van der Waals surface area (Å²) in [5.41, 5.74) is 2.44. The molecule has 0 aliphatic heterocycles. The zero-order valence-corrected chi connectivity index (χ0v) is 12.8. The second-order valence-electron chi connectivity index (χ2n) is 4.84. The average molecular weight is 335 g/mol. The van der Waals surface area contributed by atoms with Gasteiger partial charge in [0.2, 0.25) is 0 Å². The van der Waals surface area contributed by atoms with Crippen molar-refractivity contribution in [3.8, 4) is 5.69 Å². The zero-order valence-electron chi connectivity index (χ0n) is 11.2. The maximum atomic E-state index is 11.8. The Labute approximate surface area is 125 Å². The Morgan fingerprint density at radius 2 is 2.10 bits per heavy atom. The number of halogens is 1. The number of esters is 1. The van der Waals surface area contributed by atoms with Gasteiger partial charge in [-0.25, -0.2) is 9.48 Å². The Morgan fingerprint density at radius 3 is 2.70 bits per heavy atom. The van der Waals surface area contributed by atoms with E-state index in [9.17, 15) is 4.79 Å². The number of ether oxygens (including phenoxy) is 1. The van der Waals surface area contributed by atoms with Gasteiger partial charge in [0.05, 0.1) is 12.3 Å². The summed E-state index contributed by atoms with van der Waals surface area (Å²) in [6.07, 6.45) is 2.31. The lowest BCUT2D eigenvalue weighted by Gasteiger charge is -2.06. The molecule has 104 valence electrons. The number of hydrogen-bond acceptors (Lipinski definition) is 3. The lowest BCUT2D eigenvalue weighted by atomic mass is 10.2. The van der Waals surface area contributed by atoms with Crippen molar-refractivity contribution in [1.29, 1.82) is 0 Å². The average Bonchev–Trinajstić information content (AvgIpc) is 3.19. The van der Waals surface area contributed by atoms with Gasteiger partial charge in [0.25, 0.3) is 0 Å². The van der Waals surface area contributed by atoms with Gasteiger partial charge in [-0.2, -0.15) is 5.10 Å². The summed E-state index contributed by atoms with van der Waals surface area (Å²) in [5.74, 6) is 0.152. The van der Waals surface area contributed by atoms with E-state index in [1.807, 2.05) is 35.0 Å². The highest BCUT2D eigenvalue weighted by Crippen LogP contribution is 2.41. The fourth-order valence-corrected chi connectivity index (χ4v) is 2.42. The van der Waals surface area contributed by atoms with Crippen molar-refractivity contribution in [2.45, 2.75) is 25.7 Å². The highest BCUT2D eigenvalue weighted by atomic mass is 79.9. The first-order valence-electron chi connectivity index (χ1n) is 6.72. The molecule has 0 saturated heterocycles. The molecule has 0 atom stereocenters. The highest BCUT2D eigenvalue weighted by Gasteiger charge is 2.30. The molecule has 1 aliphatic rings. The molecular formula is C15H15BrN2O2. The zero-order chi connectivity index (χ0) is 14.1. The van der Waals surface area contributed by atoms with Crippen molar-refractivity contribution in [1.82, 2.24) is 9.78 Å². The van der Waals surface area contributed by atoms with Crippen LogP contribution in [0.25, 0.3) is 5.69 Å². The standard InChI is InChI=1S/C15H15BrN2O2/c1-2-20-15(19)13-9-14(10-3-4-10)18(17-13)12-7-5-11(16)6-8-12/h5-10H,2-4H2,1H3. The van der Waals surface area contributed by atoms with Crippen molar-refractivity contribution >= 4 is 21.9 Å². The number of nitrogens with zero attached hydrogens (tertiary/aromatic N) is 2. The van der Waals surface area contributed by atoms with Gasteiger partial charge in [-0.05, 0) is 50.1 Å². The first kappa shape index (κ1) is 13.4. The highest BCUT2D eigenvalue weighted by molar-refractivity contribution is 9.10. The van der Waals surface area contributed by atoms with Crippen LogP contribution in [0.3, 0.4) is 0 Å². The molecule has 0 bridgehead atoms. The first-order valence-corrected chi connectivity index (χ1v) is 7.51. The number of hydrogen-bond donors (Lipinski definition) is 0. The van der Waals surface area contributed by atoms with E-state index in [0.29, 0.717) is 18.2 Å². The molecule has 3 rings (SSSR count). The van der Waals surface area contributed by atoms with Crippen molar-refractivity contribution in [2.24, 2.45) is 0 Å². The summed E-state index contributed by atoms with van der Waals surface area (Å²) in [6.45, 7) is 2.16. The van der Waals surface area contributed by atoms with Crippen LogP contribution in [-0.2, 0) is 4.74 Å². The molecule has 0 N–H and O–H groups in total. The van der Waals surface area contributed by atoms with Gasteiger partial charge in [-0.3, -0.25) is 0 Å². The molecule has 2 aromatic rings. The van der Waals surface area contributed by atoms with E-state index in [1.54, 1.807) is 6.92 Å².